The lowest BCUT2D eigenvalue weighted by Crippen LogP contribution is -2.60. The summed E-state index contributed by atoms with van der Waals surface area (Å²) in [6, 6.07) is 8.98. The van der Waals surface area contributed by atoms with Gasteiger partial charge in [-0.1, -0.05) is 64.1 Å². The summed E-state index contributed by atoms with van der Waals surface area (Å²) in [7, 11) is 0. The van der Waals surface area contributed by atoms with Gasteiger partial charge in [0.2, 0.25) is 23.6 Å². The van der Waals surface area contributed by atoms with E-state index in [1.807, 2.05) is 62.4 Å². The van der Waals surface area contributed by atoms with Gasteiger partial charge in [-0.05, 0) is 68.7 Å². The summed E-state index contributed by atoms with van der Waals surface area (Å²) in [6.45, 7) is 12.2. The number of para-hydroxylation sites is 2. The van der Waals surface area contributed by atoms with Crippen LogP contribution in [0.2, 0.25) is 0 Å². The molecule has 11 N–H and O–H groups in total. The van der Waals surface area contributed by atoms with E-state index in [0.717, 1.165) is 27.4 Å². The molecule has 0 bridgehead atoms. The fraction of sp³-hybridized carbons (Fsp3) is 0.463. The largest absolute Gasteiger partial charge is 0.460 e. The van der Waals surface area contributed by atoms with Crippen molar-refractivity contribution in [2.45, 2.75) is 110 Å². The van der Waals surface area contributed by atoms with Crippen LogP contribution in [-0.2, 0) is 46.3 Å². The summed E-state index contributed by atoms with van der Waals surface area (Å²) in [5.74, 6) is 0.731. The van der Waals surface area contributed by atoms with Gasteiger partial charge in [-0.2, -0.15) is 0 Å². The van der Waals surface area contributed by atoms with Crippen LogP contribution in [0.1, 0.15) is 72.4 Å². The Hall–Kier alpha value is -5.74. The third-order valence-corrected chi connectivity index (χ3v) is 9.34. The average Bonchev–Trinajstić information content (AvgIpc) is 3.75. The topological polar surface area (TPSA) is 255 Å². The molecule has 5 atom stereocenters. The van der Waals surface area contributed by atoms with Crippen LogP contribution >= 0.6 is 0 Å². The van der Waals surface area contributed by atoms with E-state index in [1.165, 1.54) is 0 Å². The van der Waals surface area contributed by atoms with Crippen molar-refractivity contribution in [1.29, 1.82) is 0 Å². The minimum Gasteiger partial charge on any atom is -0.460 e. The van der Waals surface area contributed by atoms with E-state index in [2.05, 4.69) is 36.7 Å². The highest BCUT2D eigenvalue weighted by Crippen LogP contribution is 2.21. The molecule has 0 saturated carbocycles. The summed E-state index contributed by atoms with van der Waals surface area (Å²) in [4.78, 5) is 87.6. The van der Waals surface area contributed by atoms with Crippen molar-refractivity contribution >= 4 is 57.3 Å². The Morgan fingerprint density at radius 1 is 0.667 bits per heavy atom. The Balaban J connectivity index is 1.62. The molecule has 16 nitrogen and oxygen atoms in total. The van der Waals surface area contributed by atoms with Gasteiger partial charge in [-0.25, -0.2) is 5.84 Å². The monoisotopic (exact) mass is 787 g/mol. The summed E-state index contributed by atoms with van der Waals surface area (Å²) in [5.41, 5.74) is 10.7. The van der Waals surface area contributed by atoms with Crippen molar-refractivity contribution in [3.63, 3.8) is 0 Å². The van der Waals surface area contributed by atoms with E-state index >= 15 is 0 Å². The molecular weight excluding hydrogens is 731 g/mol. The highest BCUT2D eigenvalue weighted by molar-refractivity contribution is 5.98. The average molecular weight is 788 g/mol. The third kappa shape index (κ3) is 12.4. The van der Waals surface area contributed by atoms with Crippen LogP contribution in [0.15, 0.2) is 60.9 Å². The molecule has 0 aliphatic heterocycles. The number of hydrogen-bond acceptors (Lipinski definition) is 9. The van der Waals surface area contributed by atoms with Crippen LogP contribution in [0, 0.1) is 11.8 Å². The van der Waals surface area contributed by atoms with Crippen LogP contribution in [0.5, 0.6) is 0 Å². The number of amides is 5. The molecule has 0 spiro atoms. The van der Waals surface area contributed by atoms with Crippen molar-refractivity contribution in [3.05, 3.63) is 72.1 Å². The Morgan fingerprint density at radius 2 is 1.18 bits per heavy atom. The van der Waals surface area contributed by atoms with E-state index in [9.17, 15) is 28.8 Å². The zero-order valence-electron chi connectivity index (χ0n) is 33.7. The molecule has 0 aliphatic carbocycles. The molecule has 0 saturated heterocycles. The second kappa shape index (κ2) is 19.4. The van der Waals surface area contributed by atoms with Gasteiger partial charge < -0.3 is 41.7 Å². The Labute approximate surface area is 332 Å². The number of aromatic amines is 2. The number of H-pyrrole nitrogens is 2. The number of esters is 1. The quantitative estimate of drug-likeness (QED) is 0.0309. The first-order valence-electron chi connectivity index (χ1n) is 19.2. The maximum atomic E-state index is 14.2. The minimum atomic E-state index is -1.49. The van der Waals surface area contributed by atoms with Gasteiger partial charge in [0.15, 0.2) is 0 Å². The number of aromatic nitrogens is 2. The van der Waals surface area contributed by atoms with E-state index in [-0.39, 0.29) is 18.8 Å². The van der Waals surface area contributed by atoms with E-state index in [0.29, 0.717) is 12.0 Å². The Bertz CT molecular complexity index is 2050. The number of carbonyl (C=O) groups excluding carboxylic acids is 6. The number of ether oxygens (including phenoxy) is 1. The van der Waals surface area contributed by atoms with Crippen molar-refractivity contribution in [2.75, 3.05) is 0 Å². The smallest absolute Gasteiger partial charge is 0.308 e. The molecule has 0 aliphatic rings. The van der Waals surface area contributed by atoms with Gasteiger partial charge in [-0.3, -0.25) is 34.2 Å². The maximum Gasteiger partial charge on any atom is 0.308 e. The van der Waals surface area contributed by atoms with Crippen molar-refractivity contribution in [1.82, 2.24) is 36.7 Å². The van der Waals surface area contributed by atoms with Gasteiger partial charge in [0.1, 0.15) is 29.8 Å². The van der Waals surface area contributed by atoms with E-state index in [1.54, 1.807) is 47.0 Å². The zero-order chi connectivity index (χ0) is 42.0. The lowest BCUT2D eigenvalue weighted by Gasteiger charge is -2.28. The molecule has 0 radical (unpaired) electrons. The van der Waals surface area contributed by atoms with E-state index in [4.69, 9.17) is 16.3 Å². The lowest BCUT2D eigenvalue weighted by molar-refractivity contribution is -0.156. The first-order chi connectivity index (χ1) is 26.9. The number of benzene rings is 2. The number of hydrazine groups is 1. The molecule has 57 heavy (non-hydrogen) atoms. The van der Waals surface area contributed by atoms with Crippen molar-refractivity contribution < 1.29 is 33.5 Å². The van der Waals surface area contributed by atoms with Gasteiger partial charge in [0, 0.05) is 40.6 Å². The number of hydrogen-bond donors (Lipinski definition) is 9. The SMILES string of the molecule is CC(C)C[C@H](NC(=O)[C@H](NC(=O)[C@H](Cc1c[nH]c2ccccc12)NC(=O)[C@@H](CC(=O)OC(C)(C)C)NC(=O)[C@H](N)Cc1c[nH]c2ccccc12)C(C)C)C(=O)NN. The normalized spacial score (nSPS) is 14.4. The predicted molar refractivity (Wildman–Crippen MR) is 217 cm³/mol. The molecule has 2 aromatic carbocycles. The molecule has 0 unspecified atom stereocenters. The molecule has 0 fully saturated rings. The Kier molecular flexibility index (Phi) is 15.0. The Morgan fingerprint density at radius 3 is 1.70 bits per heavy atom. The van der Waals surface area contributed by atoms with Gasteiger partial charge >= 0.3 is 5.97 Å². The molecule has 2 heterocycles. The van der Waals surface area contributed by atoms with Gasteiger partial charge in [0.05, 0.1) is 12.5 Å². The molecule has 4 rings (SSSR count). The summed E-state index contributed by atoms with van der Waals surface area (Å²) in [6.07, 6.45) is 3.31. The first kappa shape index (κ1) is 44.0. The lowest BCUT2D eigenvalue weighted by atomic mass is 9.98. The highest BCUT2D eigenvalue weighted by Gasteiger charge is 2.35. The standard InChI is InChI=1S/C41H57N9O7/c1-22(2)16-31(39(55)50-43)48-40(56)35(23(3)4)49-38(54)32(18-25-21-45-30-15-11-9-13-27(25)30)47-37(53)33(19-34(51)57-41(5,6)7)46-36(52)28(42)17-24-20-44-29-14-10-8-12-26(24)29/h8-15,20-23,28,31-33,35,44-45H,16-19,42-43H2,1-7H3,(H,46,52)(H,47,53)(H,48,56)(H,49,54)(H,50,55)/t28-,31+,32+,33-,35-/m1/s1. The minimum absolute atomic E-state index is 0.0349. The first-order valence-corrected chi connectivity index (χ1v) is 19.2. The second-order valence-electron chi connectivity index (χ2n) is 16.1. The summed E-state index contributed by atoms with van der Waals surface area (Å²) in [5, 5.41) is 12.5. The van der Waals surface area contributed by atoms with Crippen LogP contribution in [0.4, 0.5) is 0 Å². The van der Waals surface area contributed by atoms with Gasteiger partial charge in [0.25, 0.3) is 5.91 Å². The summed E-state index contributed by atoms with van der Waals surface area (Å²) < 4.78 is 5.50. The predicted octanol–water partition coefficient (Wildman–Crippen LogP) is 2.12. The second-order valence-corrected chi connectivity index (χ2v) is 16.1. The number of nitrogens with one attached hydrogen (secondary N) is 7. The van der Waals surface area contributed by atoms with Crippen molar-refractivity contribution in [3.8, 4) is 0 Å². The van der Waals surface area contributed by atoms with Crippen molar-refractivity contribution in [2.24, 2.45) is 23.4 Å². The summed E-state index contributed by atoms with van der Waals surface area (Å²) >= 11 is 0. The number of carbonyl (C=O) groups is 6. The molecular formula is C41H57N9O7. The fourth-order valence-electron chi connectivity index (χ4n) is 6.52. The number of nitrogens with two attached hydrogens (primary N) is 2. The van der Waals surface area contributed by atoms with E-state index < -0.39 is 83.7 Å². The third-order valence-electron chi connectivity index (χ3n) is 9.34. The molecule has 16 heteroatoms. The maximum absolute atomic E-state index is 14.2. The fourth-order valence-corrected chi connectivity index (χ4v) is 6.52. The number of rotatable bonds is 18. The van der Waals surface area contributed by atoms with Crippen LogP contribution in [0.25, 0.3) is 21.8 Å². The zero-order valence-corrected chi connectivity index (χ0v) is 33.7. The van der Waals surface area contributed by atoms with Gasteiger partial charge in [-0.15, -0.1) is 0 Å². The highest BCUT2D eigenvalue weighted by atomic mass is 16.6. The van der Waals surface area contributed by atoms with Crippen LogP contribution in [0.3, 0.4) is 0 Å². The molecule has 4 aromatic rings. The number of fused-ring (bicyclic) bond motifs is 2. The molecule has 5 amide bonds. The molecule has 308 valence electrons. The van der Waals surface area contributed by atoms with Crippen LogP contribution in [-0.4, -0.2) is 81.3 Å². The van der Waals surface area contributed by atoms with Crippen LogP contribution < -0.4 is 38.3 Å². The molecule has 2 aromatic heterocycles.